The molecule has 0 spiro atoms. The molecule has 0 radical (unpaired) electrons. The molecule has 218 valence electrons. The van der Waals surface area contributed by atoms with E-state index >= 15 is 0 Å². The number of nitrogens with zero attached hydrogens (tertiary/aromatic N) is 5. The minimum Gasteiger partial charge on any atom is -0.439 e. The predicted octanol–water partition coefficient (Wildman–Crippen LogP) is 5.57. The topological polar surface area (TPSA) is 105 Å². The van der Waals surface area contributed by atoms with Gasteiger partial charge in [0.15, 0.2) is 0 Å². The van der Waals surface area contributed by atoms with E-state index in [0.29, 0.717) is 35.8 Å². The molecule has 1 saturated heterocycles. The summed E-state index contributed by atoms with van der Waals surface area (Å²) < 4.78 is 49.4. The maximum Gasteiger partial charge on any atom is 0.418 e. The van der Waals surface area contributed by atoms with Crippen molar-refractivity contribution in [2.75, 3.05) is 41.7 Å². The molecule has 0 atom stereocenters. The molecule has 6 rings (SSSR count). The van der Waals surface area contributed by atoms with Crippen LogP contribution in [0.2, 0.25) is 0 Å². The zero-order valence-electron chi connectivity index (χ0n) is 22.7. The number of carbonyl (C=O) groups excluding carboxylic acids is 2. The van der Waals surface area contributed by atoms with E-state index < -0.39 is 17.8 Å². The number of alkyl halides is 3. The number of fused-ring (bicyclic) bond motifs is 1. The Balaban J connectivity index is 1.17. The fraction of sp³-hybridized carbons (Fsp3) is 0.310. The Labute approximate surface area is 239 Å². The maximum atomic E-state index is 14.1. The number of piperazine rings is 1. The molecule has 1 aliphatic carbocycles. The average Bonchev–Trinajstić information content (AvgIpc) is 3.71. The lowest BCUT2D eigenvalue weighted by molar-refractivity contribution is -0.137. The highest BCUT2D eigenvalue weighted by molar-refractivity contribution is 5.99. The average molecular weight is 580 g/mol. The lowest BCUT2D eigenvalue weighted by atomic mass is 10.1. The van der Waals surface area contributed by atoms with Crippen molar-refractivity contribution in [2.45, 2.75) is 32.0 Å². The quantitative estimate of drug-likeness (QED) is 0.308. The summed E-state index contributed by atoms with van der Waals surface area (Å²) in [6.07, 6.45) is 0.540. The second-order valence-corrected chi connectivity index (χ2v) is 10.3. The van der Waals surface area contributed by atoms with Gasteiger partial charge in [0.25, 0.3) is 0 Å². The summed E-state index contributed by atoms with van der Waals surface area (Å²) in [4.78, 5) is 36.5. The van der Waals surface area contributed by atoms with Crippen molar-refractivity contribution in [3.8, 4) is 11.6 Å². The van der Waals surface area contributed by atoms with Gasteiger partial charge in [0, 0.05) is 68.2 Å². The first-order valence-corrected chi connectivity index (χ1v) is 13.5. The number of carbonyl (C=O) groups is 2. The van der Waals surface area contributed by atoms with E-state index in [-0.39, 0.29) is 29.0 Å². The Morgan fingerprint density at radius 2 is 1.74 bits per heavy atom. The minimum atomic E-state index is -4.58. The van der Waals surface area contributed by atoms with Crippen molar-refractivity contribution in [1.29, 1.82) is 0 Å². The number of rotatable bonds is 6. The highest BCUT2D eigenvalue weighted by Gasteiger charge is 2.37. The van der Waals surface area contributed by atoms with Crippen molar-refractivity contribution in [1.82, 2.24) is 19.4 Å². The molecule has 42 heavy (non-hydrogen) atoms. The molecule has 13 heteroatoms. The van der Waals surface area contributed by atoms with Crippen LogP contribution in [0.1, 0.15) is 25.3 Å². The van der Waals surface area contributed by atoms with E-state index in [4.69, 9.17) is 4.74 Å². The van der Waals surface area contributed by atoms with Crippen molar-refractivity contribution in [3.63, 3.8) is 0 Å². The third-order valence-electron chi connectivity index (χ3n) is 7.32. The summed E-state index contributed by atoms with van der Waals surface area (Å²) in [5, 5.41) is 5.81. The predicted molar refractivity (Wildman–Crippen MR) is 151 cm³/mol. The molecule has 4 aromatic rings. The fourth-order valence-electron chi connectivity index (χ4n) is 5.19. The van der Waals surface area contributed by atoms with Gasteiger partial charge < -0.3 is 20.3 Å². The smallest absolute Gasteiger partial charge is 0.418 e. The van der Waals surface area contributed by atoms with E-state index in [1.807, 2.05) is 0 Å². The molecule has 2 aromatic carbocycles. The zero-order valence-corrected chi connectivity index (χ0v) is 22.7. The number of amides is 2. The molecule has 3 heterocycles. The minimum absolute atomic E-state index is 0.0493. The van der Waals surface area contributed by atoms with Gasteiger partial charge in [-0.05, 0) is 55.3 Å². The van der Waals surface area contributed by atoms with Crippen LogP contribution in [0, 0.1) is 0 Å². The van der Waals surface area contributed by atoms with Gasteiger partial charge in [-0.3, -0.25) is 14.3 Å². The molecular formula is C29H28F3N7O3. The Hall–Kier alpha value is -4.65. The number of halogens is 3. The van der Waals surface area contributed by atoms with Crippen LogP contribution in [0.3, 0.4) is 0 Å². The summed E-state index contributed by atoms with van der Waals surface area (Å²) in [5.74, 6) is 0.637. The number of hydrogen-bond acceptors (Lipinski definition) is 7. The third kappa shape index (κ3) is 6.00. The van der Waals surface area contributed by atoms with Crippen LogP contribution in [0.4, 0.5) is 35.2 Å². The molecule has 0 bridgehead atoms. The Bertz CT molecular complexity index is 1640. The lowest BCUT2D eigenvalue weighted by Gasteiger charge is -2.37. The van der Waals surface area contributed by atoms with E-state index in [1.54, 1.807) is 29.2 Å². The fourth-order valence-corrected chi connectivity index (χ4v) is 5.19. The molecule has 1 saturated carbocycles. The first-order valence-electron chi connectivity index (χ1n) is 13.5. The molecule has 2 aliphatic rings. The second kappa shape index (κ2) is 11.0. The molecule has 10 nitrogen and oxygen atoms in total. The third-order valence-corrected chi connectivity index (χ3v) is 7.32. The summed E-state index contributed by atoms with van der Waals surface area (Å²) in [6.45, 7) is 3.90. The van der Waals surface area contributed by atoms with Crippen LogP contribution < -0.4 is 20.3 Å². The van der Waals surface area contributed by atoms with Crippen molar-refractivity contribution in [3.05, 3.63) is 66.6 Å². The molecule has 1 aliphatic heterocycles. The molecule has 2 aromatic heterocycles. The van der Waals surface area contributed by atoms with E-state index in [2.05, 4.69) is 25.5 Å². The number of ether oxygens (including phenoxy) is 1. The molecule has 2 fully saturated rings. The maximum absolute atomic E-state index is 14.1. The number of hydrogen-bond donors (Lipinski definition) is 2. The largest absolute Gasteiger partial charge is 0.439 e. The standard InChI is InChI=1S/C29H28F3N7O3/c1-18(40)35-26-16-27(34-17-33-26)42-22-5-7-24-19(14-22)8-9-39(24)28(41)36-20-2-6-25(23(15-20)29(30,31)32)38-12-10-37(11-13-38)21-3-4-21/h2,5-9,14-17,21H,3-4,10-13H2,1H3,(H,36,41)(H,33,34,35,40). The van der Waals surface area contributed by atoms with E-state index in [0.717, 1.165) is 19.2 Å². The van der Waals surface area contributed by atoms with E-state index in [9.17, 15) is 22.8 Å². The van der Waals surface area contributed by atoms with Gasteiger partial charge >= 0.3 is 12.2 Å². The van der Waals surface area contributed by atoms with Gasteiger partial charge in [0.05, 0.1) is 11.1 Å². The summed E-state index contributed by atoms with van der Waals surface area (Å²) in [5.41, 5.74) is -0.0654. The first-order chi connectivity index (χ1) is 20.1. The van der Waals surface area contributed by atoms with Gasteiger partial charge in [-0.1, -0.05) is 0 Å². The van der Waals surface area contributed by atoms with Crippen molar-refractivity contribution < 1.29 is 27.5 Å². The summed E-state index contributed by atoms with van der Waals surface area (Å²) in [6, 6.07) is 12.1. The molecule has 0 unspecified atom stereocenters. The summed E-state index contributed by atoms with van der Waals surface area (Å²) >= 11 is 0. The van der Waals surface area contributed by atoms with Crippen molar-refractivity contribution >= 4 is 40.0 Å². The summed E-state index contributed by atoms with van der Waals surface area (Å²) in [7, 11) is 0. The van der Waals surface area contributed by atoms with Crippen LogP contribution in [0.5, 0.6) is 11.6 Å². The number of nitrogens with one attached hydrogen (secondary N) is 2. The molecular weight excluding hydrogens is 551 g/mol. The SMILES string of the molecule is CC(=O)Nc1cc(Oc2ccc3c(ccn3C(=O)Nc3ccc(N4CCN(C5CC5)CC4)c(C(F)(F)F)c3)c2)ncn1. The highest BCUT2D eigenvalue weighted by atomic mass is 19.4. The van der Waals surface area contributed by atoms with E-state index in [1.165, 1.54) is 55.1 Å². The lowest BCUT2D eigenvalue weighted by Crippen LogP contribution is -2.47. The zero-order chi connectivity index (χ0) is 29.4. The van der Waals surface area contributed by atoms with Gasteiger partial charge in [-0.25, -0.2) is 14.8 Å². The highest BCUT2D eigenvalue weighted by Crippen LogP contribution is 2.39. The van der Waals surface area contributed by atoms with Gasteiger partial charge in [-0.15, -0.1) is 0 Å². The van der Waals surface area contributed by atoms with Crippen LogP contribution in [0.25, 0.3) is 10.9 Å². The number of anilines is 3. The first kappa shape index (κ1) is 27.5. The second-order valence-electron chi connectivity index (χ2n) is 10.3. The Kier molecular flexibility index (Phi) is 7.19. The molecule has 2 N–H and O–H groups in total. The monoisotopic (exact) mass is 579 g/mol. The van der Waals surface area contributed by atoms with Crippen LogP contribution in [0.15, 0.2) is 61.1 Å². The normalized spacial score (nSPS) is 16.0. The number of benzene rings is 2. The van der Waals surface area contributed by atoms with Crippen LogP contribution in [-0.4, -0.2) is 63.6 Å². The van der Waals surface area contributed by atoms with Crippen LogP contribution in [-0.2, 0) is 11.0 Å². The molecule has 2 amide bonds. The Morgan fingerprint density at radius 3 is 2.45 bits per heavy atom. The van der Waals surface area contributed by atoms with Gasteiger partial charge in [0.2, 0.25) is 11.8 Å². The van der Waals surface area contributed by atoms with Crippen LogP contribution >= 0.6 is 0 Å². The van der Waals surface area contributed by atoms with Gasteiger partial charge in [-0.2, -0.15) is 13.2 Å². The Morgan fingerprint density at radius 1 is 0.952 bits per heavy atom. The van der Waals surface area contributed by atoms with Gasteiger partial charge in [0.1, 0.15) is 17.9 Å². The number of aromatic nitrogens is 3. The van der Waals surface area contributed by atoms with Crippen molar-refractivity contribution in [2.24, 2.45) is 0 Å².